The number of hydrogen-bond acceptors (Lipinski definition) is 5. The minimum atomic E-state index is -0.342. The Morgan fingerprint density at radius 2 is 2.21 bits per heavy atom. The molecule has 0 bridgehead atoms. The molecule has 0 aliphatic rings. The van der Waals surface area contributed by atoms with Gasteiger partial charge in [-0.1, -0.05) is 22.6 Å². The predicted octanol–water partition coefficient (Wildman–Crippen LogP) is 3.15. The highest BCUT2D eigenvalue weighted by atomic mass is 32.1. The highest BCUT2D eigenvalue weighted by Crippen LogP contribution is 2.29. The lowest BCUT2D eigenvalue weighted by Gasteiger charge is -1.95. The highest BCUT2D eigenvalue weighted by Gasteiger charge is 2.13. The highest BCUT2D eigenvalue weighted by molar-refractivity contribution is 7.22. The maximum absolute atomic E-state index is 11.8. The van der Waals surface area contributed by atoms with Crippen LogP contribution in [0.5, 0.6) is 0 Å². The number of nitrogens with one attached hydrogen (secondary N) is 1. The topological polar surface area (TPSA) is 68.0 Å². The molecule has 19 heavy (non-hydrogen) atoms. The van der Waals surface area contributed by atoms with Gasteiger partial charge in [0.05, 0.1) is 16.4 Å². The van der Waals surface area contributed by atoms with Crippen LogP contribution in [0.2, 0.25) is 0 Å². The van der Waals surface area contributed by atoms with E-state index in [2.05, 4.69) is 21.5 Å². The molecule has 1 N–H and O–H groups in total. The van der Waals surface area contributed by atoms with Crippen LogP contribution in [0.4, 0.5) is 5.13 Å². The van der Waals surface area contributed by atoms with Crippen LogP contribution in [0.1, 0.15) is 21.7 Å². The van der Waals surface area contributed by atoms with Gasteiger partial charge in [-0.05, 0) is 31.0 Å². The molecule has 96 valence electrons. The van der Waals surface area contributed by atoms with E-state index in [1.54, 1.807) is 0 Å². The summed E-state index contributed by atoms with van der Waals surface area (Å²) in [7, 11) is 0. The molecule has 2 heterocycles. The molecule has 0 atom stereocenters. The van der Waals surface area contributed by atoms with Gasteiger partial charge < -0.3 is 4.52 Å². The third-order valence-electron chi connectivity index (χ3n) is 2.70. The molecule has 3 aromatic rings. The minimum Gasteiger partial charge on any atom is -0.351 e. The van der Waals surface area contributed by atoms with E-state index in [1.165, 1.54) is 23.6 Å². The monoisotopic (exact) mass is 273 g/mol. The Morgan fingerprint density at radius 3 is 2.95 bits per heavy atom. The van der Waals surface area contributed by atoms with Crippen molar-refractivity contribution in [2.45, 2.75) is 13.8 Å². The smallest absolute Gasteiger partial charge is 0.296 e. The zero-order valence-electron chi connectivity index (χ0n) is 10.4. The second kappa shape index (κ2) is 4.47. The van der Waals surface area contributed by atoms with Gasteiger partial charge in [0.1, 0.15) is 0 Å². The average Bonchev–Trinajstić information content (AvgIpc) is 2.96. The molecule has 0 aliphatic heterocycles. The van der Waals surface area contributed by atoms with Gasteiger partial charge >= 0.3 is 0 Å². The average molecular weight is 273 g/mol. The molecule has 1 aromatic carbocycles. The van der Waals surface area contributed by atoms with Crippen molar-refractivity contribution in [3.8, 4) is 0 Å². The molecule has 0 spiro atoms. The van der Waals surface area contributed by atoms with Crippen molar-refractivity contribution in [3.05, 3.63) is 41.3 Å². The van der Waals surface area contributed by atoms with Crippen molar-refractivity contribution in [3.63, 3.8) is 0 Å². The van der Waals surface area contributed by atoms with Crippen LogP contribution < -0.4 is 5.32 Å². The molecule has 2 aromatic heterocycles. The molecule has 0 radical (unpaired) electrons. The molecule has 1 amide bonds. The molecule has 0 unspecified atom stereocenters. The van der Waals surface area contributed by atoms with Gasteiger partial charge in [-0.25, -0.2) is 4.98 Å². The summed E-state index contributed by atoms with van der Waals surface area (Å²) in [5.74, 6) is -0.168. The lowest BCUT2D eigenvalue weighted by Crippen LogP contribution is -2.10. The number of fused-ring (bicyclic) bond motifs is 1. The number of nitrogens with zero attached hydrogens (tertiary/aromatic N) is 2. The van der Waals surface area contributed by atoms with Crippen LogP contribution >= 0.6 is 11.3 Å². The second-order valence-corrected chi connectivity index (χ2v) is 5.28. The first kappa shape index (κ1) is 11.9. The first-order valence-electron chi connectivity index (χ1n) is 5.73. The maximum Gasteiger partial charge on any atom is 0.296 e. The molecule has 3 rings (SSSR count). The van der Waals surface area contributed by atoms with E-state index in [0.717, 1.165) is 21.3 Å². The number of benzene rings is 1. The van der Waals surface area contributed by atoms with E-state index >= 15 is 0 Å². The SMILES string of the molecule is Cc1cc(C)c2sc(NC(=O)c3ccno3)nc2c1. The number of rotatable bonds is 2. The summed E-state index contributed by atoms with van der Waals surface area (Å²) in [5, 5.41) is 6.78. The van der Waals surface area contributed by atoms with E-state index in [-0.39, 0.29) is 11.7 Å². The normalized spacial score (nSPS) is 10.8. The van der Waals surface area contributed by atoms with Crippen LogP contribution in [0.3, 0.4) is 0 Å². The fourth-order valence-corrected chi connectivity index (χ4v) is 2.83. The van der Waals surface area contributed by atoms with Crippen molar-refractivity contribution in [2.24, 2.45) is 0 Å². The van der Waals surface area contributed by atoms with E-state index in [4.69, 9.17) is 4.52 Å². The molecular weight excluding hydrogens is 262 g/mol. The van der Waals surface area contributed by atoms with Gasteiger partial charge in [0.15, 0.2) is 5.13 Å². The molecule has 6 heteroatoms. The van der Waals surface area contributed by atoms with E-state index in [1.807, 2.05) is 19.9 Å². The summed E-state index contributed by atoms with van der Waals surface area (Å²) in [4.78, 5) is 16.2. The number of amides is 1. The van der Waals surface area contributed by atoms with Crippen LogP contribution in [0.25, 0.3) is 10.2 Å². The van der Waals surface area contributed by atoms with Gasteiger partial charge in [-0.3, -0.25) is 10.1 Å². The fourth-order valence-electron chi connectivity index (χ4n) is 1.92. The summed E-state index contributed by atoms with van der Waals surface area (Å²) >= 11 is 1.45. The largest absolute Gasteiger partial charge is 0.351 e. The van der Waals surface area contributed by atoms with Crippen molar-refractivity contribution in [2.75, 3.05) is 5.32 Å². The molecule has 0 fully saturated rings. The third-order valence-corrected chi connectivity index (χ3v) is 3.82. The molecule has 0 saturated carbocycles. The zero-order chi connectivity index (χ0) is 13.4. The standard InChI is InChI=1S/C13H11N3O2S/c1-7-5-8(2)11-9(6-7)15-13(19-11)16-12(17)10-3-4-14-18-10/h3-6H,1-2H3,(H,15,16,17). The van der Waals surface area contributed by atoms with Crippen LogP contribution in [-0.2, 0) is 0 Å². The Morgan fingerprint density at radius 1 is 1.37 bits per heavy atom. The van der Waals surface area contributed by atoms with Crippen molar-refractivity contribution in [1.29, 1.82) is 0 Å². The number of anilines is 1. The van der Waals surface area contributed by atoms with Gasteiger partial charge in [0.25, 0.3) is 5.91 Å². The number of thiazole rings is 1. The molecule has 0 aliphatic carbocycles. The van der Waals surface area contributed by atoms with E-state index in [9.17, 15) is 4.79 Å². The van der Waals surface area contributed by atoms with Gasteiger partial charge in [0.2, 0.25) is 5.76 Å². The first-order valence-corrected chi connectivity index (χ1v) is 6.55. The summed E-state index contributed by atoms with van der Waals surface area (Å²) in [6.07, 6.45) is 1.43. The Bertz CT molecular complexity index is 747. The zero-order valence-corrected chi connectivity index (χ0v) is 11.2. The molecule has 0 saturated heterocycles. The minimum absolute atomic E-state index is 0.173. The van der Waals surface area contributed by atoms with Gasteiger partial charge in [0, 0.05) is 6.07 Å². The van der Waals surface area contributed by atoms with Crippen molar-refractivity contribution >= 4 is 32.6 Å². The lowest BCUT2D eigenvalue weighted by molar-refractivity contribution is 0.0988. The van der Waals surface area contributed by atoms with Crippen molar-refractivity contribution < 1.29 is 9.32 Å². The predicted molar refractivity (Wildman–Crippen MR) is 73.6 cm³/mol. The quantitative estimate of drug-likeness (QED) is 0.778. The number of carbonyl (C=O) groups excluding carboxylic acids is 1. The first-order chi connectivity index (χ1) is 9.13. The van der Waals surface area contributed by atoms with Gasteiger partial charge in [-0.15, -0.1) is 0 Å². The lowest BCUT2D eigenvalue weighted by atomic mass is 10.1. The Kier molecular flexibility index (Phi) is 2.79. The Labute approximate surface area is 113 Å². The summed E-state index contributed by atoms with van der Waals surface area (Å²) in [6, 6.07) is 5.61. The second-order valence-electron chi connectivity index (χ2n) is 4.28. The summed E-state index contributed by atoms with van der Waals surface area (Å²) in [6.45, 7) is 4.06. The third kappa shape index (κ3) is 2.22. The van der Waals surface area contributed by atoms with Gasteiger partial charge in [-0.2, -0.15) is 0 Å². The van der Waals surface area contributed by atoms with Crippen LogP contribution in [0.15, 0.2) is 28.9 Å². The number of aromatic nitrogens is 2. The number of aryl methyl sites for hydroxylation is 2. The van der Waals surface area contributed by atoms with E-state index in [0.29, 0.717) is 5.13 Å². The Hall–Kier alpha value is -2.21. The maximum atomic E-state index is 11.8. The van der Waals surface area contributed by atoms with E-state index < -0.39 is 0 Å². The fraction of sp³-hybridized carbons (Fsp3) is 0.154. The number of hydrogen-bond donors (Lipinski definition) is 1. The molecular formula is C13H11N3O2S. The van der Waals surface area contributed by atoms with Crippen LogP contribution in [-0.4, -0.2) is 16.0 Å². The van der Waals surface area contributed by atoms with Crippen molar-refractivity contribution in [1.82, 2.24) is 10.1 Å². The summed E-state index contributed by atoms with van der Waals surface area (Å²) < 4.78 is 5.88. The molecule has 5 nitrogen and oxygen atoms in total. The Balaban J connectivity index is 1.94. The summed E-state index contributed by atoms with van der Waals surface area (Å²) in [5.41, 5.74) is 3.21. The van der Waals surface area contributed by atoms with Crippen LogP contribution in [0, 0.1) is 13.8 Å². The number of carbonyl (C=O) groups is 1.